The molecule has 0 aromatic heterocycles. The van der Waals surface area contributed by atoms with E-state index in [4.69, 9.17) is 0 Å². The Morgan fingerprint density at radius 2 is 0.768 bits per heavy atom. The molecule has 56 heavy (non-hydrogen) atoms. The maximum absolute atomic E-state index is 13.8. The standard InChI is InChI=1S/C54H44O2/c1-31-47-39-19-11-12-20-41(39)51(3,4)49(47)32(2)48-40-29-45-46(30-44(40)52(5,6)50(31)48)54(56,38-26-24-34-16-8-10-18-36(34)28-38)43-22-14-13-21-42(43)53(45,55)37-25-23-33-15-7-9-17-35(33)27-37/h7-30,55-56H,1-6H3. The van der Waals surface area contributed by atoms with Crippen LogP contribution in [-0.4, -0.2) is 10.2 Å². The molecule has 8 aromatic rings. The normalized spacial score (nSPS) is 20.6. The van der Waals surface area contributed by atoms with E-state index in [0.29, 0.717) is 16.7 Å². The van der Waals surface area contributed by atoms with Crippen molar-refractivity contribution in [3.05, 3.63) is 212 Å². The fourth-order valence-electron chi connectivity index (χ4n) is 11.5. The van der Waals surface area contributed by atoms with Crippen LogP contribution in [0.2, 0.25) is 0 Å². The molecule has 272 valence electrons. The van der Waals surface area contributed by atoms with Gasteiger partial charge in [-0.2, -0.15) is 0 Å². The molecule has 2 unspecified atom stereocenters. The average molecular weight is 725 g/mol. The molecular weight excluding hydrogens is 681 g/mol. The van der Waals surface area contributed by atoms with Gasteiger partial charge in [0, 0.05) is 16.4 Å². The van der Waals surface area contributed by atoms with Crippen LogP contribution in [0.25, 0.3) is 43.8 Å². The van der Waals surface area contributed by atoms with Crippen LogP contribution >= 0.6 is 0 Å². The number of aliphatic hydroxyl groups is 2. The molecule has 3 aliphatic rings. The first kappa shape index (κ1) is 33.5. The lowest BCUT2D eigenvalue weighted by molar-refractivity contribution is 0.0748. The van der Waals surface area contributed by atoms with Gasteiger partial charge in [-0.05, 0) is 137 Å². The molecule has 0 amide bonds. The average Bonchev–Trinajstić information content (AvgIpc) is 3.61. The SMILES string of the molecule is Cc1c2c(c(C)c3c1C(C)(C)c1ccccc1-3)C(C)(C)c1cc3c(cc1-2)C(O)(c1ccc2ccccc2c1)c1ccccc1C3(O)c1ccc2ccccc2c1. The second-order valence-electron chi connectivity index (χ2n) is 17.6. The first-order valence-electron chi connectivity index (χ1n) is 19.9. The molecule has 0 aliphatic heterocycles. The van der Waals surface area contributed by atoms with Crippen LogP contribution in [0, 0.1) is 13.8 Å². The lowest BCUT2D eigenvalue weighted by Crippen LogP contribution is -2.44. The summed E-state index contributed by atoms with van der Waals surface area (Å²) in [5, 5.41) is 32.0. The number of hydrogen-bond acceptors (Lipinski definition) is 2. The third-order valence-electron chi connectivity index (χ3n) is 14.0. The quantitative estimate of drug-likeness (QED) is 0.186. The molecular formula is C54H44O2. The van der Waals surface area contributed by atoms with E-state index in [0.717, 1.165) is 43.8 Å². The second-order valence-corrected chi connectivity index (χ2v) is 17.6. The van der Waals surface area contributed by atoms with Gasteiger partial charge >= 0.3 is 0 Å². The van der Waals surface area contributed by atoms with Gasteiger partial charge < -0.3 is 10.2 Å². The Labute approximate surface area is 328 Å². The first-order chi connectivity index (χ1) is 26.9. The van der Waals surface area contributed by atoms with Gasteiger partial charge in [0.15, 0.2) is 0 Å². The molecule has 0 heterocycles. The van der Waals surface area contributed by atoms with Gasteiger partial charge in [-0.3, -0.25) is 0 Å². The van der Waals surface area contributed by atoms with Crippen molar-refractivity contribution in [2.45, 2.75) is 63.6 Å². The number of rotatable bonds is 2. The van der Waals surface area contributed by atoms with Gasteiger partial charge in [0.2, 0.25) is 0 Å². The lowest BCUT2D eigenvalue weighted by Gasteiger charge is -2.46. The molecule has 0 spiro atoms. The third kappa shape index (κ3) is 3.98. The highest BCUT2D eigenvalue weighted by molar-refractivity contribution is 5.95. The van der Waals surface area contributed by atoms with Crippen molar-refractivity contribution in [2.24, 2.45) is 0 Å². The Balaban J connectivity index is 1.27. The number of hydrogen-bond donors (Lipinski definition) is 2. The summed E-state index contributed by atoms with van der Waals surface area (Å²) < 4.78 is 0. The predicted molar refractivity (Wildman–Crippen MR) is 230 cm³/mol. The highest BCUT2D eigenvalue weighted by atomic mass is 16.3. The van der Waals surface area contributed by atoms with Crippen molar-refractivity contribution >= 4 is 21.5 Å². The molecule has 2 N–H and O–H groups in total. The van der Waals surface area contributed by atoms with E-state index >= 15 is 0 Å². The minimum Gasteiger partial charge on any atom is -0.376 e. The van der Waals surface area contributed by atoms with Crippen LogP contribution in [-0.2, 0) is 22.0 Å². The fraction of sp³-hybridized carbons (Fsp3) is 0.185. The monoisotopic (exact) mass is 724 g/mol. The molecule has 2 heteroatoms. The van der Waals surface area contributed by atoms with E-state index in [1.54, 1.807) is 0 Å². The van der Waals surface area contributed by atoms with E-state index in [-0.39, 0.29) is 10.8 Å². The van der Waals surface area contributed by atoms with E-state index in [2.05, 4.69) is 145 Å². The van der Waals surface area contributed by atoms with Gasteiger partial charge in [-0.15, -0.1) is 0 Å². The van der Waals surface area contributed by atoms with Gasteiger partial charge in [0.1, 0.15) is 11.2 Å². The van der Waals surface area contributed by atoms with Crippen LogP contribution < -0.4 is 0 Å². The Kier molecular flexibility index (Phi) is 6.55. The summed E-state index contributed by atoms with van der Waals surface area (Å²) in [6.07, 6.45) is 0. The molecule has 0 fully saturated rings. The third-order valence-corrected chi connectivity index (χ3v) is 14.0. The van der Waals surface area contributed by atoms with Gasteiger partial charge in [0.25, 0.3) is 0 Å². The van der Waals surface area contributed by atoms with E-state index < -0.39 is 11.2 Å². The van der Waals surface area contributed by atoms with Crippen molar-refractivity contribution in [1.29, 1.82) is 0 Å². The van der Waals surface area contributed by atoms with Crippen LogP contribution in [0.1, 0.15) is 94.5 Å². The zero-order valence-electron chi connectivity index (χ0n) is 32.8. The molecule has 11 rings (SSSR count). The summed E-state index contributed by atoms with van der Waals surface area (Å²) in [7, 11) is 0. The summed E-state index contributed by atoms with van der Waals surface area (Å²) in [6.45, 7) is 14.0. The Bertz CT molecular complexity index is 3040. The van der Waals surface area contributed by atoms with Crippen molar-refractivity contribution in [3.8, 4) is 22.3 Å². The maximum Gasteiger partial charge on any atom is 0.141 e. The zero-order chi connectivity index (χ0) is 38.5. The van der Waals surface area contributed by atoms with Gasteiger partial charge in [-0.25, -0.2) is 0 Å². The first-order valence-corrected chi connectivity index (χ1v) is 19.9. The van der Waals surface area contributed by atoms with Crippen LogP contribution in [0.4, 0.5) is 0 Å². The van der Waals surface area contributed by atoms with Gasteiger partial charge in [-0.1, -0.05) is 155 Å². The van der Waals surface area contributed by atoms with Crippen molar-refractivity contribution in [3.63, 3.8) is 0 Å². The molecule has 2 atom stereocenters. The highest BCUT2D eigenvalue weighted by Crippen LogP contribution is 2.62. The fourth-order valence-corrected chi connectivity index (χ4v) is 11.5. The maximum atomic E-state index is 13.8. The summed E-state index contributed by atoms with van der Waals surface area (Å²) in [4.78, 5) is 0. The summed E-state index contributed by atoms with van der Waals surface area (Å²) in [5.74, 6) is 0. The summed E-state index contributed by atoms with van der Waals surface area (Å²) in [6, 6.07) is 50.6. The Morgan fingerprint density at radius 3 is 1.30 bits per heavy atom. The molecule has 0 radical (unpaired) electrons. The van der Waals surface area contributed by atoms with Crippen molar-refractivity contribution in [1.82, 2.24) is 0 Å². The predicted octanol–water partition coefficient (Wildman–Crippen LogP) is 12.1. The van der Waals surface area contributed by atoms with E-state index in [9.17, 15) is 10.2 Å². The second kappa shape index (κ2) is 10.9. The lowest BCUT2D eigenvalue weighted by atomic mass is 9.62. The highest BCUT2D eigenvalue weighted by Gasteiger charge is 2.54. The van der Waals surface area contributed by atoms with Crippen molar-refractivity contribution < 1.29 is 10.2 Å². The molecule has 0 saturated carbocycles. The van der Waals surface area contributed by atoms with Crippen LogP contribution in [0.5, 0.6) is 0 Å². The Morgan fingerprint density at radius 1 is 0.357 bits per heavy atom. The van der Waals surface area contributed by atoms with Crippen LogP contribution in [0.3, 0.4) is 0 Å². The topological polar surface area (TPSA) is 40.5 Å². The summed E-state index contributed by atoms with van der Waals surface area (Å²) >= 11 is 0. The number of benzene rings is 8. The smallest absolute Gasteiger partial charge is 0.141 e. The molecule has 3 aliphatic carbocycles. The molecule has 0 bridgehead atoms. The van der Waals surface area contributed by atoms with E-state index in [1.807, 2.05) is 42.5 Å². The minimum absolute atomic E-state index is 0.169. The summed E-state index contributed by atoms with van der Waals surface area (Å²) in [5.41, 5.74) is 13.7. The molecule has 0 saturated heterocycles. The van der Waals surface area contributed by atoms with Crippen LogP contribution in [0.15, 0.2) is 146 Å². The number of fused-ring (bicyclic) bond motifs is 10. The molecule has 8 aromatic carbocycles. The van der Waals surface area contributed by atoms with Gasteiger partial charge in [0.05, 0.1) is 0 Å². The zero-order valence-corrected chi connectivity index (χ0v) is 32.8. The van der Waals surface area contributed by atoms with Crippen molar-refractivity contribution in [2.75, 3.05) is 0 Å². The van der Waals surface area contributed by atoms with E-state index in [1.165, 1.54) is 50.1 Å². The minimum atomic E-state index is -1.56. The largest absolute Gasteiger partial charge is 0.376 e. The Hall–Kier alpha value is -5.80. The molecule has 2 nitrogen and oxygen atoms in total.